The molecule has 20 heavy (non-hydrogen) atoms. The molecule has 2 rings (SSSR count). The van der Waals surface area contributed by atoms with E-state index in [9.17, 15) is 44.4 Å². The molecule has 1 amide bonds. The lowest BCUT2D eigenvalue weighted by atomic mass is 9.77. The number of alkyl halides is 7. The van der Waals surface area contributed by atoms with Gasteiger partial charge in [0, 0.05) is 0 Å². The highest BCUT2D eigenvalue weighted by molar-refractivity contribution is 5.88. The molecule has 2 aliphatic rings. The van der Waals surface area contributed by atoms with E-state index >= 15 is 0 Å². The maximum atomic E-state index is 14.0. The number of amides is 1. The van der Waals surface area contributed by atoms with Crippen molar-refractivity contribution in [1.29, 1.82) is 0 Å². The van der Waals surface area contributed by atoms with Crippen LogP contribution in [-0.4, -0.2) is 34.5 Å². The molecule has 1 atom stereocenters. The van der Waals surface area contributed by atoms with Gasteiger partial charge in [0.25, 0.3) is 5.67 Å². The molecular formula is C9H2F9NO. The number of hydrogen-bond acceptors (Lipinski definition) is 1. The number of piperidine rings is 1. The molecule has 1 fully saturated rings. The fourth-order valence-corrected chi connectivity index (χ4v) is 1.84. The second-order valence-corrected chi connectivity index (χ2v) is 4.03. The molecule has 1 aliphatic heterocycles. The fraction of sp³-hybridized carbons (Fsp3) is 0.444. The lowest BCUT2D eigenvalue weighted by Gasteiger charge is -2.47. The largest absolute Gasteiger partial charge is 0.393 e. The quantitative estimate of drug-likeness (QED) is 0.497. The van der Waals surface area contributed by atoms with Crippen LogP contribution in [0.4, 0.5) is 39.6 Å². The first kappa shape index (κ1) is 14.7. The number of carbonyl (C=O) groups is 1. The Morgan fingerprint density at radius 2 is 1.40 bits per heavy atom. The van der Waals surface area contributed by atoms with Crippen molar-refractivity contribution in [2.24, 2.45) is 0 Å². The standard InChI is InChI=1S/C9H2F9NO/c10-3-1-2-4-6(11,7(3,12)13)9(16,17)8(14,15)5(20)19(4)18/h1-2H. The van der Waals surface area contributed by atoms with Crippen LogP contribution in [0.3, 0.4) is 0 Å². The SMILES string of the molecule is O=C1N(F)C2=CC=C(F)C(F)(F)C2(F)C(F)(F)C1(F)F. The smallest absolute Gasteiger partial charge is 0.265 e. The van der Waals surface area contributed by atoms with E-state index in [1.54, 1.807) is 0 Å². The first-order chi connectivity index (χ1) is 8.83. The molecule has 0 bridgehead atoms. The van der Waals surface area contributed by atoms with Crippen molar-refractivity contribution in [3.05, 3.63) is 23.7 Å². The predicted molar refractivity (Wildman–Crippen MR) is 43.9 cm³/mol. The van der Waals surface area contributed by atoms with Gasteiger partial charge in [-0.1, -0.05) is 4.48 Å². The number of allylic oxidation sites excluding steroid dienone is 4. The van der Waals surface area contributed by atoms with Crippen molar-refractivity contribution in [2.75, 3.05) is 0 Å². The van der Waals surface area contributed by atoms with Crippen LogP contribution >= 0.6 is 0 Å². The van der Waals surface area contributed by atoms with E-state index in [4.69, 9.17) is 0 Å². The average molecular weight is 311 g/mol. The van der Waals surface area contributed by atoms with E-state index < -0.39 is 46.0 Å². The third-order valence-corrected chi connectivity index (χ3v) is 2.96. The van der Waals surface area contributed by atoms with Gasteiger partial charge >= 0.3 is 23.7 Å². The van der Waals surface area contributed by atoms with E-state index in [-0.39, 0.29) is 12.2 Å². The molecule has 0 aromatic carbocycles. The Labute approximate surface area is 104 Å². The Kier molecular flexibility index (Phi) is 2.57. The van der Waals surface area contributed by atoms with Crippen LogP contribution < -0.4 is 0 Å². The van der Waals surface area contributed by atoms with Crippen molar-refractivity contribution < 1.29 is 44.4 Å². The van der Waals surface area contributed by atoms with Gasteiger partial charge in [-0.2, -0.15) is 26.3 Å². The molecular weight excluding hydrogens is 309 g/mol. The zero-order valence-electron chi connectivity index (χ0n) is 8.91. The summed E-state index contributed by atoms with van der Waals surface area (Å²) in [6.45, 7) is 0. The van der Waals surface area contributed by atoms with Gasteiger partial charge in [0.15, 0.2) is 5.83 Å². The van der Waals surface area contributed by atoms with Crippen molar-refractivity contribution in [3.8, 4) is 0 Å². The maximum Gasteiger partial charge on any atom is 0.393 e. The van der Waals surface area contributed by atoms with Crippen LogP contribution in [0.5, 0.6) is 0 Å². The summed E-state index contributed by atoms with van der Waals surface area (Å²) in [5, 5.41) is -1.87. The van der Waals surface area contributed by atoms with Gasteiger partial charge in [-0.05, 0) is 12.2 Å². The molecule has 112 valence electrons. The van der Waals surface area contributed by atoms with Crippen LogP contribution in [0.1, 0.15) is 0 Å². The Bertz CT molecular complexity index is 552. The summed E-state index contributed by atoms with van der Waals surface area (Å²) >= 11 is 0. The number of rotatable bonds is 0. The monoisotopic (exact) mass is 311 g/mol. The van der Waals surface area contributed by atoms with E-state index in [0.29, 0.717) is 0 Å². The number of fused-ring (bicyclic) bond motifs is 1. The van der Waals surface area contributed by atoms with Gasteiger partial charge in [0.1, 0.15) is 5.70 Å². The fourth-order valence-electron chi connectivity index (χ4n) is 1.84. The molecule has 1 unspecified atom stereocenters. The lowest BCUT2D eigenvalue weighted by Crippen LogP contribution is -2.74. The van der Waals surface area contributed by atoms with E-state index in [2.05, 4.69) is 0 Å². The highest BCUT2D eigenvalue weighted by atomic mass is 19.3. The summed E-state index contributed by atoms with van der Waals surface area (Å²) < 4.78 is 119. The van der Waals surface area contributed by atoms with Crippen molar-refractivity contribution in [1.82, 2.24) is 5.12 Å². The van der Waals surface area contributed by atoms with Crippen LogP contribution in [0.15, 0.2) is 23.7 Å². The summed E-state index contributed by atoms with van der Waals surface area (Å²) in [4.78, 5) is 10.7. The number of halogens is 9. The molecule has 0 N–H and O–H groups in total. The molecule has 1 aliphatic carbocycles. The van der Waals surface area contributed by atoms with E-state index in [1.807, 2.05) is 0 Å². The Morgan fingerprint density at radius 3 is 1.90 bits per heavy atom. The van der Waals surface area contributed by atoms with Gasteiger partial charge in [-0.25, -0.2) is 8.78 Å². The lowest BCUT2D eigenvalue weighted by molar-refractivity contribution is -0.323. The Hall–Kier alpha value is -1.68. The summed E-state index contributed by atoms with van der Waals surface area (Å²) in [5.41, 5.74) is -8.14. The van der Waals surface area contributed by atoms with Gasteiger partial charge in [0.05, 0.1) is 0 Å². The second kappa shape index (κ2) is 3.50. The number of hydrogen-bond donors (Lipinski definition) is 0. The molecule has 0 aromatic rings. The molecule has 1 saturated heterocycles. The topological polar surface area (TPSA) is 20.3 Å². The molecule has 0 saturated carbocycles. The van der Waals surface area contributed by atoms with Gasteiger partial charge < -0.3 is 0 Å². The van der Waals surface area contributed by atoms with Crippen LogP contribution in [0, 0.1) is 0 Å². The highest BCUT2D eigenvalue weighted by Gasteiger charge is 2.88. The second-order valence-electron chi connectivity index (χ2n) is 4.03. The van der Waals surface area contributed by atoms with Crippen molar-refractivity contribution in [3.63, 3.8) is 0 Å². The summed E-state index contributed by atoms with van der Waals surface area (Å²) in [5.74, 6) is -24.3. The zero-order chi connectivity index (χ0) is 15.7. The predicted octanol–water partition coefficient (Wildman–Crippen LogP) is 3.08. The summed E-state index contributed by atoms with van der Waals surface area (Å²) in [6.07, 6.45) is -0.569. The molecule has 1 heterocycles. The molecule has 11 heteroatoms. The molecule has 0 aromatic heterocycles. The molecule has 0 spiro atoms. The normalized spacial score (nSPS) is 34.2. The summed E-state index contributed by atoms with van der Waals surface area (Å²) in [6, 6.07) is 0. The summed E-state index contributed by atoms with van der Waals surface area (Å²) in [7, 11) is 0. The minimum atomic E-state index is -6.36. The van der Waals surface area contributed by atoms with Crippen LogP contribution in [0.25, 0.3) is 0 Å². The first-order valence-electron chi connectivity index (χ1n) is 4.74. The average Bonchev–Trinajstić information content (AvgIpc) is 2.33. The number of nitrogens with zero attached hydrogens (tertiary/aromatic N) is 1. The molecule has 0 radical (unpaired) electrons. The Morgan fingerprint density at radius 1 is 0.900 bits per heavy atom. The van der Waals surface area contributed by atoms with E-state index in [0.717, 1.165) is 0 Å². The zero-order valence-corrected chi connectivity index (χ0v) is 8.91. The minimum Gasteiger partial charge on any atom is -0.265 e. The molecule has 2 nitrogen and oxygen atoms in total. The van der Waals surface area contributed by atoms with E-state index in [1.165, 1.54) is 0 Å². The van der Waals surface area contributed by atoms with Crippen molar-refractivity contribution in [2.45, 2.75) is 23.4 Å². The third-order valence-electron chi connectivity index (χ3n) is 2.96. The van der Waals surface area contributed by atoms with Crippen LogP contribution in [0.2, 0.25) is 0 Å². The van der Waals surface area contributed by atoms with Gasteiger partial charge in [-0.3, -0.25) is 4.79 Å². The number of carbonyl (C=O) groups excluding carboxylic acids is 1. The van der Waals surface area contributed by atoms with Gasteiger partial charge in [-0.15, -0.1) is 5.12 Å². The third kappa shape index (κ3) is 1.21. The Balaban J connectivity index is 2.83. The van der Waals surface area contributed by atoms with Crippen LogP contribution in [-0.2, 0) is 4.79 Å². The maximum absolute atomic E-state index is 14.0. The first-order valence-corrected chi connectivity index (χ1v) is 4.74. The van der Waals surface area contributed by atoms with Gasteiger partial charge in [0.2, 0.25) is 0 Å². The minimum absolute atomic E-state index is 0.270. The highest BCUT2D eigenvalue weighted by Crippen LogP contribution is 2.62. The van der Waals surface area contributed by atoms with Crippen molar-refractivity contribution >= 4 is 5.91 Å².